The van der Waals surface area contributed by atoms with Crippen molar-refractivity contribution in [1.82, 2.24) is 14.8 Å². The van der Waals surface area contributed by atoms with Crippen molar-refractivity contribution >= 4 is 23.2 Å². The van der Waals surface area contributed by atoms with Crippen LogP contribution < -0.4 is 11.1 Å². The minimum absolute atomic E-state index is 0.0735. The lowest BCUT2D eigenvalue weighted by atomic mass is 10.1. The fourth-order valence-electron chi connectivity index (χ4n) is 1.45. The second-order valence-corrected chi connectivity index (χ2v) is 3.69. The van der Waals surface area contributed by atoms with Gasteiger partial charge in [-0.3, -0.25) is 20.2 Å². The zero-order chi connectivity index (χ0) is 14.0. The summed E-state index contributed by atoms with van der Waals surface area (Å²) in [5.74, 6) is -0.209. The molecule has 1 aromatic carbocycles. The van der Waals surface area contributed by atoms with E-state index in [2.05, 4.69) is 15.4 Å². The van der Waals surface area contributed by atoms with E-state index in [1.54, 1.807) is 7.05 Å². The molecule has 2 aromatic rings. The summed E-state index contributed by atoms with van der Waals surface area (Å²) >= 11 is 0. The number of aryl methyl sites for hydroxylation is 1. The fraction of sp³-hybridized carbons (Fsp3) is 0.100. The molecule has 2 rings (SSSR count). The van der Waals surface area contributed by atoms with E-state index in [1.807, 2.05) is 0 Å². The van der Waals surface area contributed by atoms with Crippen LogP contribution in [-0.2, 0) is 7.05 Å². The lowest BCUT2D eigenvalue weighted by molar-refractivity contribution is -0.383. The zero-order valence-electron chi connectivity index (χ0n) is 9.90. The molecule has 0 saturated heterocycles. The number of hydrogen-bond acceptors (Lipinski definition) is 6. The predicted molar refractivity (Wildman–Crippen MR) is 66.5 cm³/mol. The molecule has 0 aliphatic heterocycles. The number of carbonyl (C=O) groups is 1. The number of anilines is 2. The molecule has 19 heavy (non-hydrogen) atoms. The Labute approximate surface area is 107 Å². The zero-order valence-corrected chi connectivity index (χ0v) is 9.90. The van der Waals surface area contributed by atoms with E-state index in [0.717, 1.165) is 0 Å². The minimum atomic E-state index is -0.611. The molecule has 0 radical (unpaired) electrons. The third-order valence-electron chi connectivity index (χ3n) is 2.42. The normalized spacial score (nSPS) is 10.2. The van der Waals surface area contributed by atoms with Gasteiger partial charge in [-0.15, -0.1) is 0 Å². The van der Waals surface area contributed by atoms with Gasteiger partial charge in [0.15, 0.2) is 0 Å². The summed E-state index contributed by atoms with van der Waals surface area (Å²) < 4.78 is 1.38. The van der Waals surface area contributed by atoms with Gasteiger partial charge in [-0.05, 0) is 12.1 Å². The molecule has 0 saturated carbocycles. The summed E-state index contributed by atoms with van der Waals surface area (Å²) in [6.07, 6.45) is 1.29. The second kappa shape index (κ2) is 4.72. The van der Waals surface area contributed by atoms with E-state index >= 15 is 0 Å². The summed E-state index contributed by atoms with van der Waals surface area (Å²) in [5, 5.41) is 16.9. The van der Waals surface area contributed by atoms with Gasteiger partial charge in [0.2, 0.25) is 5.95 Å². The summed E-state index contributed by atoms with van der Waals surface area (Å²) in [4.78, 5) is 25.7. The van der Waals surface area contributed by atoms with Crippen molar-refractivity contribution in [3.8, 4) is 0 Å². The smallest absolute Gasteiger partial charge is 0.292 e. The molecule has 0 spiro atoms. The van der Waals surface area contributed by atoms with Gasteiger partial charge in [-0.25, -0.2) is 4.68 Å². The van der Waals surface area contributed by atoms with Crippen LogP contribution in [0.25, 0.3) is 0 Å². The Kier molecular flexibility index (Phi) is 3.10. The van der Waals surface area contributed by atoms with Gasteiger partial charge in [0.25, 0.3) is 11.6 Å². The average molecular weight is 262 g/mol. The minimum Gasteiger partial charge on any atom is -0.393 e. The van der Waals surface area contributed by atoms with E-state index < -0.39 is 10.8 Å². The highest BCUT2D eigenvalue weighted by Crippen LogP contribution is 2.22. The summed E-state index contributed by atoms with van der Waals surface area (Å²) in [5.41, 5.74) is 5.39. The number of amides is 1. The Balaban J connectivity index is 2.23. The van der Waals surface area contributed by atoms with Crippen molar-refractivity contribution in [2.24, 2.45) is 7.05 Å². The van der Waals surface area contributed by atoms with E-state index in [-0.39, 0.29) is 22.9 Å². The Bertz CT molecular complexity index is 650. The van der Waals surface area contributed by atoms with Crippen LogP contribution in [0.3, 0.4) is 0 Å². The molecule has 1 aromatic heterocycles. The summed E-state index contributed by atoms with van der Waals surface area (Å²) in [6, 6.07) is 3.74. The van der Waals surface area contributed by atoms with E-state index in [4.69, 9.17) is 5.73 Å². The number of nitrogens with two attached hydrogens (primary N) is 1. The Morgan fingerprint density at radius 2 is 2.26 bits per heavy atom. The van der Waals surface area contributed by atoms with Gasteiger partial charge >= 0.3 is 0 Å². The van der Waals surface area contributed by atoms with Gasteiger partial charge in [-0.2, -0.15) is 10.1 Å². The number of nitrogen functional groups attached to an aromatic ring is 1. The third-order valence-corrected chi connectivity index (χ3v) is 2.42. The molecule has 0 aliphatic carbocycles. The Morgan fingerprint density at radius 1 is 1.53 bits per heavy atom. The van der Waals surface area contributed by atoms with Crippen LogP contribution in [0.2, 0.25) is 0 Å². The van der Waals surface area contributed by atoms with E-state index in [0.29, 0.717) is 0 Å². The van der Waals surface area contributed by atoms with E-state index in [9.17, 15) is 14.9 Å². The second-order valence-electron chi connectivity index (χ2n) is 3.69. The highest BCUT2D eigenvalue weighted by atomic mass is 16.6. The molecule has 3 N–H and O–H groups in total. The maximum Gasteiger partial charge on any atom is 0.292 e. The first-order valence-electron chi connectivity index (χ1n) is 5.18. The molecule has 0 bridgehead atoms. The monoisotopic (exact) mass is 262 g/mol. The number of nitro groups is 1. The van der Waals surface area contributed by atoms with Crippen LogP contribution in [-0.4, -0.2) is 25.6 Å². The van der Waals surface area contributed by atoms with Crippen molar-refractivity contribution < 1.29 is 9.72 Å². The molecule has 0 aliphatic rings. The largest absolute Gasteiger partial charge is 0.393 e. The molecule has 1 amide bonds. The highest BCUT2D eigenvalue weighted by Gasteiger charge is 2.15. The first-order chi connectivity index (χ1) is 8.99. The fourth-order valence-corrected chi connectivity index (χ4v) is 1.45. The van der Waals surface area contributed by atoms with Crippen LogP contribution in [0.1, 0.15) is 10.4 Å². The molecular weight excluding hydrogens is 252 g/mol. The molecule has 9 nitrogen and oxygen atoms in total. The van der Waals surface area contributed by atoms with Crippen molar-refractivity contribution in [2.75, 3.05) is 11.1 Å². The van der Waals surface area contributed by atoms with Crippen LogP contribution in [0.15, 0.2) is 24.5 Å². The van der Waals surface area contributed by atoms with Crippen molar-refractivity contribution in [2.45, 2.75) is 0 Å². The molecule has 0 unspecified atom stereocenters. The Morgan fingerprint density at radius 3 is 2.79 bits per heavy atom. The first kappa shape index (κ1) is 12.5. The number of aromatic nitrogens is 3. The molecule has 0 fully saturated rings. The molecule has 98 valence electrons. The Hall–Kier alpha value is -2.97. The first-order valence-corrected chi connectivity index (χ1v) is 5.18. The number of benzene rings is 1. The SMILES string of the molecule is Cn1ncnc1NC(=O)c1ccc([N+](=O)[O-])c(N)c1. The maximum atomic E-state index is 11.9. The molecule has 0 atom stereocenters. The average Bonchev–Trinajstić information content (AvgIpc) is 2.74. The lowest BCUT2D eigenvalue weighted by Gasteiger charge is -2.04. The quantitative estimate of drug-likeness (QED) is 0.472. The standard InChI is InChI=1S/C10H10N6O3/c1-15-10(12-5-13-15)14-9(17)6-2-3-8(16(18)19)7(11)4-6/h2-5H,11H2,1H3,(H,12,13,14,17). The van der Waals surface area contributed by atoms with Gasteiger partial charge in [0.1, 0.15) is 12.0 Å². The van der Waals surface area contributed by atoms with Crippen LogP contribution in [0.5, 0.6) is 0 Å². The lowest BCUT2D eigenvalue weighted by Crippen LogP contribution is -2.15. The van der Waals surface area contributed by atoms with Gasteiger partial charge in [-0.1, -0.05) is 0 Å². The molecular formula is C10H10N6O3. The number of nitrogens with zero attached hydrogens (tertiary/aromatic N) is 4. The van der Waals surface area contributed by atoms with Crippen LogP contribution >= 0.6 is 0 Å². The van der Waals surface area contributed by atoms with Crippen LogP contribution in [0, 0.1) is 10.1 Å². The van der Waals surface area contributed by atoms with Crippen LogP contribution in [0.4, 0.5) is 17.3 Å². The highest BCUT2D eigenvalue weighted by molar-refractivity contribution is 6.04. The van der Waals surface area contributed by atoms with Crippen molar-refractivity contribution in [3.05, 3.63) is 40.2 Å². The predicted octanol–water partition coefficient (Wildman–Crippen LogP) is 0.558. The van der Waals surface area contributed by atoms with Gasteiger partial charge < -0.3 is 5.73 Å². The number of hydrogen-bond donors (Lipinski definition) is 2. The molecule has 1 heterocycles. The number of nitrogens with one attached hydrogen (secondary N) is 1. The van der Waals surface area contributed by atoms with E-state index in [1.165, 1.54) is 29.2 Å². The van der Waals surface area contributed by atoms with Gasteiger partial charge in [0.05, 0.1) is 4.92 Å². The van der Waals surface area contributed by atoms with Crippen molar-refractivity contribution in [1.29, 1.82) is 0 Å². The molecule has 9 heteroatoms. The number of rotatable bonds is 3. The maximum absolute atomic E-state index is 11.9. The summed E-state index contributed by atoms with van der Waals surface area (Å²) in [7, 11) is 1.62. The van der Waals surface area contributed by atoms with Gasteiger partial charge in [0, 0.05) is 18.7 Å². The topological polar surface area (TPSA) is 129 Å². The number of carbonyl (C=O) groups excluding carboxylic acids is 1. The summed E-state index contributed by atoms with van der Waals surface area (Å²) in [6.45, 7) is 0. The third kappa shape index (κ3) is 2.49. The number of nitro benzene ring substituents is 1. The van der Waals surface area contributed by atoms with Crippen molar-refractivity contribution in [3.63, 3.8) is 0 Å².